The van der Waals surface area contributed by atoms with Crippen LogP contribution in [-0.4, -0.2) is 40.8 Å². The van der Waals surface area contributed by atoms with E-state index < -0.39 is 5.60 Å². The van der Waals surface area contributed by atoms with Crippen molar-refractivity contribution in [2.24, 2.45) is 0 Å². The zero-order valence-corrected chi connectivity index (χ0v) is 13.6. The Kier molecular flexibility index (Phi) is 5.46. The van der Waals surface area contributed by atoms with E-state index in [0.29, 0.717) is 24.4 Å². The van der Waals surface area contributed by atoms with E-state index in [2.05, 4.69) is 29.3 Å². The number of likely N-dealkylation sites (N-methyl/N-ethyl adjacent to an activating group) is 1. The summed E-state index contributed by atoms with van der Waals surface area (Å²) in [5.74, 6) is 3.87. The van der Waals surface area contributed by atoms with E-state index in [-0.39, 0.29) is 0 Å². The highest BCUT2D eigenvalue weighted by Gasteiger charge is 2.36. The van der Waals surface area contributed by atoms with Crippen LogP contribution in [-0.2, 0) is 10.3 Å². The van der Waals surface area contributed by atoms with Crippen LogP contribution >= 0.6 is 11.8 Å². The molecule has 1 aromatic rings. The number of nitrogens with one attached hydrogen (secondary N) is 1. The molecule has 3 atom stereocenters. The molecule has 0 amide bonds. The quantitative estimate of drug-likeness (QED) is 0.835. The van der Waals surface area contributed by atoms with Crippen LogP contribution < -0.4 is 5.32 Å². The Bertz CT molecular complexity index is 426. The van der Waals surface area contributed by atoms with Crippen molar-refractivity contribution in [3.8, 4) is 0 Å². The Hall–Kier alpha value is -0.590. The number of hydrogen-bond donors (Lipinski definition) is 1. The smallest absolute Gasteiger partial charge is 0.232 e. The van der Waals surface area contributed by atoms with Crippen LogP contribution in [0.2, 0.25) is 0 Å². The molecule has 20 heavy (non-hydrogen) atoms. The molecule has 6 heteroatoms. The lowest BCUT2D eigenvalue weighted by atomic mass is 10.0. The molecule has 0 radical (unpaired) electrons. The van der Waals surface area contributed by atoms with Gasteiger partial charge in [0.1, 0.15) is 5.60 Å². The van der Waals surface area contributed by atoms with Crippen LogP contribution in [0.15, 0.2) is 4.52 Å². The molecule has 0 spiro atoms. The lowest BCUT2D eigenvalue weighted by molar-refractivity contribution is -0.0403. The molecule has 1 aliphatic rings. The van der Waals surface area contributed by atoms with Gasteiger partial charge in [-0.05, 0) is 26.8 Å². The van der Waals surface area contributed by atoms with E-state index in [4.69, 9.17) is 9.26 Å². The van der Waals surface area contributed by atoms with Crippen molar-refractivity contribution >= 4 is 11.8 Å². The second kappa shape index (κ2) is 6.91. The van der Waals surface area contributed by atoms with E-state index in [1.165, 1.54) is 0 Å². The van der Waals surface area contributed by atoms with Gasteiger partial charge in [-0.25, -0.2) is 0 Å². The molecular formula is C14H25N3O2S. The topological polar surface area (TPSA) is 60.2 Å². The lowest BCUT2D eigenvalue weighted by Gasteiger charge is -2.24. The van der Waals surface area contributed by atoms with Crippen LogP contribution in [0.25, 0.3) is 0 Å². The fourth-order valence-corrected chi connectivity index (χ4v) is 3.87. The van der Waals surface area contributed by atoms with Gasteiger partial charge < -0.3 is 14.6 Å². The van der Waals surface area contributed by atoms with Gasteiger partial charge in [0.2, 0.25) is 11.7 Å². The first kappa shape index (κ1) is 15.8. The van der Waals surface area contributed by atoms with Crippen molar-refractivity contribution in [2.45, 2.75) is 51.7 Å². The summed E-state index contributed by atoms with van der Waals surface area (Å²) in [7, 11) is 0. The molecule has 0 aromatic carbocycles. The predicted octanol–water partition coefficient (Wildman–Crippen LogP) is 2.54. The van der Waals surface area contributed by atoms with Crippen molar-refractivity contribution in [2.75, 3.05) is 24.7 Å². The Morgan fingerprint density at radius 1 is 1.40 bits per heavy atom. The van der Waals surface area contributed by atoms with Crippen molar-refractivity contribution in [3.05, 3.63) is 11.7 Å². The third kappa shape index (κ3) is 3.18. The molecular weight excluding hydrogens is 274 g/mol. The Balaban J connectivity index is 2.15. The second-order valence-electron chi connectivity index (χ2n) is 5.28. The first-order chi connectivity index (χ1) is 9.64. The molecule has 1 saturated heterocycles. The fraction of sp³-hybridized carbons (Fsp3) is 0.857. The van der Waals surface area contributed by atoms with Crippen molar-refractivity contribution in [1.82, 2.24) is 15.5 Å². The van der Waals surface area contributed by atoms with Gasteiger partial charge in [-0.3, -0.25) is 0 Å². The van der Waals surface area contributed by atoms with Gasteiger partial charge in [0.05, 0.1) is 5.92 Å². The van der Waals surface area contributed by atoms with Crippen LogP contribution in [0.5, 0.6) is 0 Å². The van der Waals surface area contributed by atoms with E-state index in [0.717, 1.165) is 30.4 Å². The summed E-state index contributed by atoms with van der Waals surface area (Å²) in [5.41, 5.74) is -0.448. The number of aromatic nitrogens is 2. The highest BCUT2D eigenvalue weighted by molar-refractivity contribution is 7.99. The van der Waals surface area contributed by atoms with Crippen molar-refractivity contribution in [1.29, 1.82) is 0 Å². The molecule has 1 aliphatic heterocycles. The first-order valence-electron chi connectivity index (χ1n) is 7.43. The molecule has 1 N–H and O–H groups in total. The third-order valence-electron chi connectivity index (χ3n) is 3.92. The first-order valence-corrected chi connectivity index (χ1v) is 8.59. The maximum atomic E-state index is 5.81. The van der Waals surface area contributed by atoms with Gasteiger partial charge in [-0.1, -0.05) is 19.0 Å². The van der Waals surface area contributed by atoms with Crippen LogP contribution in [0.4, 0.5) is 0 Å². The minimum atomic E-state index is -0.448. The van der Waals surface area contributed by atoms with Gasteiger partial charge in [-0.2, -0.15) is 16.7 Å². The summed E-state index contributed by atoms with van der Waals surface area (Å²) in [6, 6.07) is 0.429. The van der Waals surface area contributed by atoms with Crippen LogP contribution in [0, 0.1) is 0 Å². The molecule has 1 aromatic heterocycles. The minimum absolute atomic E-state index is 0.309. The zero-order valence-electron chi connectivity index (χ0n) is 12.8. The molecule has 1 fully saturated rings. The summed E-state index contributed by atoms with van der Waals surface area (Å²) < 4.78 is 11.3. The van der Waals surface area contributed by atoms with E-state index in [1.807, 2.05) is 25.6 Å². The van der Waals surface area contributed by atoms with Crippen molar-refractivity contribution < 1.29 is 9.26 Å². The molecule has 114 valence electrons. The average Bonchev–Trinajstić information content (AvgIpc) is 3.07. The van der Waals surface area contributed by atoms with Gasteiger partial charge in [0.25, 0.3) is 0 Å². The normalized spacial score (nSPS) is 25.8. The monoisotopic (exact) mass is 299 g/mol. The zero-order chi connectivity index (χ0) is 14.6. The molecule has 3 unspecified atom stereocenters. The van der Waals surface area contributed by atoms with Gasteiger partial charge >= 0.3 is 0 Å². The maximum absolute atomic E-state index is 5.81. The van der Waals surface area contributed by atoms with E-state index in [9.17, 15) is 0 Å². The summed E-state index contributed by atoms with van der Waals surface area (Å²) >= 11 is 1.94. The van der Waals surface area contributed by atoms with Crippen LogP contribution in [0.3, 0.4) is 0 Å². The summed E-state index contributed by atoms with van der Waals surface area (Å²) in [6.45, 7) is 9.84. The molecule has 0 saturated carbocycles. The van der Waals surface area contributed by atoms with Crippen LogP contribution in [0.1, 0.15) is 51.7 Å². The Morgan fingerprint density at radius 2 is 2.20 bits per heavy atom. The predicted molar refractivity (Wildman–Crippen MR) is 81.1 cm³/mol. The van der Waals surface area contributed by atoms with Gasteiger partial charge in [0, 0.05) is 24.2 Å². The standard InChI is InChI=1S/C14H25N3O2S/c1-5-14(4,18-7-3)13-16-12(19-17-13)10-8-20-9-11(10)15-6-2/h10-11,15H,5-9H2,1-4H3. The molecule has 2 rings (SSSR count). The van der Waals surface area contributed by atoms with Gasteiger partial charge in [0.15, 0.2) is 0 Å². The highest BCUT2D eigenvalue weighted by Crippen LogP contribution is 2.34. The third-order valence-corrected chi connectivity index (χ3v) is 5.11. The fourth-order valence-electron chi connectivity index (χ4n) is 2.50. The van der Waals surface area contributed by atoms with Gasteiger partial charge in [-0.15, -0.1) is 0 Å². The molecule has 2 heterocycles. The van der Waals surface area contributed by atoms with E-state index in [1.54, 1.807) is 0 Å². The lowest BCUT2D eigenvalue weighted by Crippen LogP contribution is -2.34. The largest absolute Gasteiger partial charge is 0.367 e. The Labute approximate surface area is 125 Å². The minimum Gasteiger partial charge on any atom is -0.367 e. The number of thioether (sulfide) groups is 1. The number of hydrogen-bond acceptors (Lipinski definition) is 6. The highest BCUT2D eigenvalue weighted by atomic mass is 32.2. The number of ether oxygens (including phenoxy) is 1. The van der Waals surface area contributed by atoms with E-state index >= 15 is 0 Å². The summed E-state index contributed by atoms with van der Waals surface area (Å²) in [4.78, 5) is 4.63. The SMILES string of the molecule is CCNC1CSCC1c1nc(C(C)(CC)OCC)no1. The van der Waals surface area contributed by atoms with Crippen molar-refractivity contribution in [3.63, 3.8) is 0 Å². The number of rotatable bonds is 7. The summed E-state index contributed by atoms with van der Waals surface area (Å²) in [6.07, 6.45) is 0.829. The average molecular weight is 299 g/mol. The summed E-state index contributed by atoms with van der Waals surface area (Å²) in [5, 5.41) is 7.67. The molecule has 0 bridgehead atoms. The second-order valence-corrected chi connectivity index (χ2v) is 6.36. The molecule has 5 nitrogen and oxygen atoms in total. The maximum Gasteiger partial charge on any atom is 0.232 e. The molecule has 0 aliphatic carbocycles. The Morgan fingerprint density at radius 3 is 2.85 bits per heavy atom. The number of nitrogens with zero attached hydrogens (tertiary/aromatic N) is 2.